The molecule has 0 saturated heterocycles. The monoisotopic (exact) mass is 307 g/mol. The number of rotatable bonds is 4. The van der Waals surface area contributed by atoms with Crippen molar-refractivity contribution >= 4 is 11.6 Å². The molecular formula is C18H17N3O2. The van der Waals surface area contributed by atoms with Gasteiger partial charge in [-0.05, 0) is 48.4 Å². The average Bonchev–Trinajstić information content (AvgIpc) is 3.11. The quantitative estimate of drug-likeness (QED) is 0.779. The Labute approximate surface area is 134 Å². The van der Waals surface area contributed by atoms with E-state index in [1.54, 1.807) is 29.1 Å². The fraction of sp³-hybridized carbons (Fsp3) is 0.111. The molecule has 5 nitrogen and oxygen atoms in total. The summed E-state index contributed by atoms with van der Waals surface area (Å²) in [5, 5.41) is 16.3. The van der Waals surface area contributed by atoms with Gasteiger partial charge in [0.2, 0.25) is 0 Å². The normalized spacial score (nSPS) is 10.5. The van der Waals surface area contributed by atoms with Gasteiger partial charge in [0.15, 0.2) is 0 Å². The van der Waals surface area contributed by atoms with Crippen molar-refractivity contribution in [1.82, 2.24) is 9.78 Å². The number of hydrogen-bond donors (Lipinski definition) is 2. The summed E-state index contributed by atoms with van der Waals surface area (Å²) in [5.41, 5.74) is 3.77. The third-order valence-corrected chi connectivity index (χ3v) is 3.61. The zero-order valence-electron chi connectivity index (χ0n) is 12.7. The number of nitrogens with one attached hydrogen (secondary N) is 1. The Kier molecular flexibility index (Phi) is 4.21. The predicted molar refractivity (Wildman–Crippen MR) is 88.6 cm³/mol. The van der Waals surface area contributed by atoms with Crippen LogP contribution in [0.1, 0.15) is 21.5 Å². The van der Waals surface area contributed by atoms with E-state index in [0.717, 1.165) is 16.8 Å². The van der Waals surface area contributed by atoms with Crippen LogP contribution in [0.4, 0.5) is 5.69 Å². The van der Waals surface area contributed by atoms with E-state index in [0.29, 0.717) is 11.3 Å². The van der Waals surface area contributed by atoms with Gasteiger partial charge in [-0.2, -0.15) is 5.10 Å². The molecule has 3 aromatic rings. The van der Waals surface area contributed by atoms with Crippen LogP contribution in [0.2, 0.25) is 0 Å². The molecule has 0 atom stereocenters. The second-order valence-electron chi connectivity index (χ2n) is 5.26. The van der Waals surface area contributed by atoms with E-state index in [1.165, 1.54) is 0 Å². The molecule has 0 saturated carbocycles. The standard InChI is InChI=1S/C18H17N3O2/c1-13-6-7-14(12-22)10-17(13)20-18(23)15-4-2-5-16(11-15)21-9-3-8-19-21/h2-11,22H,12H2,1H3,(H,20,23). The van der Waals surface area contributed by atoms with Crippen LogP contribution in [-0.2, 0) is 6.61 Å². The van der Waals surface area contributed by atoms with Crippen molar-refractivity contribution in [2.75, 3.05) is 5.32 Å². The van der Waals surface area contributed by atoms with Gasteiger partial charge in [0, 0.05) is 23.6 Å². The summed E-state index contributed by atoms with van der Waals surface area (Å²) in [6, 6.07) is 14.6. The zero-order chi connectivity index (χ0) is 16.2. The Balaban J connectivity index is 1.85. The summed E-state index contributed by atoms with van der Waals surface area (Å²) in [7, 11) is 0. The lowest BCUT2D eigenvalue weighted by atomic mass is 10.1. The molecule has 0 aliphatic carbocycles. The molecule has 116 valence electrons. The van der Waals surface area contributed by atoms with E-state index in [9.17, 15) is 9.90 Å². The van der Waals surface area contributed by atoms with Gasteiger partial charge in [-0.3, -0.25) is 4.79 Å². The lowest BCUT2D eigenvalue weighted by molar-refractivity contribution is 0.102. The van der Waals surface area contributed by atoms with Crippen molar-refractivity contribution < 1.29 is 9.90 Å². The molecule has 5 heteroatoms. The molecule has 23 heavy (non-hydrogen) atoms. The van der Waals surface area contributed by atoms with Gasteiger partial charge in [-0.15, -0.1) is 0 Å². The summed E-state index contributed by atoms with van der Waals surface area (Å²) in [4.78, 5) is 12.5. The molecule has 0 radical (unpaired) electrons. The molecule has 0 fully saturated rings. The van der Waals surface area contributed by atoms with Crippen LogP contribution in [0.15, 0.2) is 60.9 Å². The van der Waals surface area contributed by atoms with Gasteiger partial charge in [-0.1, -0.05) is 18.2 Å². The lowest BCUT2D eigenvalue weighted by Gasteiger charge is -2.11. The number of aromatic nitrogens is 2. The van der Waals surface area contributed by atoms with Crippen molar-refractivity contribution in [3.8, 4) is 5.69 Å². The van der Waals surface area contributed by atoms with Crippen LogP contribution >= 0.6 is 0 Å². The van der Waals surface area contributed by atoms with Crippen molar-refractivity contribution in [3.63, 3.8) is 0 Å². The number of nitrogens with zero attached hydrogens (tertiary/aromatic N) is 2. The first-order valence-corrected chi connectivity index (χ1v) is 7.29. The molecule has 1 aromatic heterocycles. The van der Waals surface area contributed by atoms with Gasteiger partial charge in [0.1, 0.15) is 0 Å². The SMILES string of the molecule is Cc1ccc(CO)cc1NC(=O)c1cccc(-n2cccn2)c1. The van der Waals surface area contributed by atoms with Gasteiger partial charge < -0.3 is 10.4 Å². The van der Waals surface area contributed by atoms with E-state index in [4.69, 9.17) is 0 Å². The van der Waals surface area contributed by atoms with Crippen LogP contribution in [0.5, 0.6) is 0 Å². The third kappa shape index (κ3) is 3.30. The lowest BCUT2D eigenvalue weighted by Crippen LogP contribution is -2.13. The third-order valence-electron chi connectivity index (χ3n) is 3.61. The van der Waals surface area contributed by atoms with Gasteiger partial charge in [-0.25, -0.2) is 4.68 Å². The Bertz CT molecular complexity index is 826. The summed E-state index contributed by atoms with van der Waals surface area (Å²) in [6.45, 7) is 1.86. The molecule has 1 heterocycles. The molecular weight excluding hydrogens is 290 g/mol. The molecule has 2 aromatic carbocycles. The van der Waals surface area contributed by atoms with Crippen LogP contribution in [-0.4, -0.2) is 20.8 Å². The fourth-order valence-electron chi connectivity index (χ4n) is 2.31. The van der Waals surface area contributed by atoms with E-state index in [1.807, 2.05) is 43.5 Å². The van der Waals surface area contributed by atoms with Crippen LogP contribution in [0.25, 0.3) is 5.69 Å². The van der Waals surface area contributed by atoms with E-state index in [2.05, 4.69) is 10.4 Å². The molecule has 0 bridgehead atoms. The summed E-state index contributed by atoms with van der Waals surface area (Å²) >= 11 is 0. The van der Waals surface area contributed by atoms with Crippen LogP contribution in [0, 0.1) is 6.92 Å². The number of amides is 1. The van der Waals surface area contributed by atoms with E-state index >= 15 is 0 Å². The molecule has 2 N–H and O–H groups in total. The van der Waals surface area contributed by atoms with Crippen LogP contribution in [0.3, 0.4) is 0 Å². The highest BCUT2D eigenvalue weighted by atomic mass is 16.3. The van der Waals surface area contributed by atoms with Gasteiger partial charge in [0.05, 0.1) is 12.3 Å². The molecule has 0 aliphatic heterocycles. The van der Waals surface area contributed by atoms with Gasteiger partial charge >= 0.3 is 0 Å². The van der Waals surface area contributed by atoms with E-state index in [-0.39, 0.29) is 12.5 Å². The molecule has 1 amide bonds. The Morgan fingerprint density at radius 2 is 2.09 bits per heavy atom. The minimum atomic E-state index is -0.197. The molecule has 3 rings (SSSR count). The minimum Gasteiger partial charge on any atom is -0.392 e. The first-order chi connectivity index (χ1) is 11.2. The topological polar surface area (TPSA) is 67.2 Å². The number of carbonyl (C=O) groups is 1. The molecule has 0 unspecified atom stereocenters. The first-order valence-electron chi connectivity index (χ1n) is 7.29. The van der Waals surface area contributed by atoms with Gasteiger partial charge in [0.25, 0.3) is 5.91 Å². The summed E-state index contributed by atoms with van der Waals surface area (Å²) in [5.74, 6) is -0.197. The van der Waals surface area contributed by atoms with Crippen molar-refractivity contribution in [3.05, 3.63) is 77.6 Å². The van der Waals surface area contributed by atoms with Crippen LogP contribution < -0.4 is 5.32 Å². The Hall–Kier alpha value is -2.92. The first kappa shape index (κ1) is 15.0. The van der Waals surface area contributed by atoms with E-state index < -0.39 is 0 Å². The Morgan fingerprint density at radius 1 is 1.22 bits per heavy atom. The predicted octanol–water partition coefficient (Wildman–Crippen LogP) is 2.93. The van der Waals surface area contributed by atoms with Crippen molar-refractivity contribution in [1.29, 1.82) is 0 Å². The summed E-state index contributed by atoms with van der Waals surface area (Å²) in [6.07, 6.45) is 3.52. The van der Waals surface area contributed by atoms with Crippen molar-refractivity contribution in [2.45, 2.75) is 13.5 Å². The highest BCUT2D eigenvalue weighted by Gasteiger charge is 2.09. The highest BCUT2D eigenvalue weighted by Crippen LogP contribution is 2.19. The smallest absolute Gasteiger partial charge is 0.255 e. The number of aliphatic hydroxyl groups excluding tert-OH is 1. The number of benzene rings is 2. The fourth-order valence-corrected chi connectivity index (χ4v) is 2.31. The summed E-state index contributed by atoms with van der Waals surface area (Å²) < 4.78 is 1.70. The maximum atomic E-state index is 12.5. The maximum Gasteiger partial charge on any atom is 0.255 e. The highest BCUT2D eigenvalue weighted by molar-refractivity contribution is 6.05. The van der Waals surface area contributed by atoms with Crippen molar-refractivity contribution in [2.24, 2.45) is 0 Å². The Morgan fingerprint density at radius 3 is 2.83 bits per heavy atom. The number of carbonyl (C=O) groups excluding carboxylic acids is 1. The number of aryl methyl sites for hydroxylation is 1. The largest absolute Gasteiger partial charge is 0.392 e. The maximum absolute atomic E-state index is 12.5. The number of anilines is 1. The zero-order valence-corrected chi connectivity index (χ0v) is 12.7. The average molecular weight is 307 g/mol. The number of hydrogen-bond acceptors (Lipinski definition) is 3. The minimum absolute atomic E-state index is 0.0576. The molecule has 0 spiro atoms. The number of aliphatic hydroxyl groups is 1. The molecule has 0 aliphatic rings. The second kappa shape index (κ2) is 6.46. The second-order valence-corrected chi connectivity index (χ2v) is 5.26.